The maximum Gasteiger partial charge on any atom is 0.433 e. The molecule has 6 heteroatoms. The van der Waals surface area contributed by atoms with Crippen molar-refractivity contribution in [3.63, 3.8) is 0 Å². The van der Waals surface area contributed by atoms with Crippen molar-refractivity contribution in [2.24, 2.45) is 5.92 Å². The molecule has 16 heavy (non-hydrogen) atoms. The average Bonchev–Trinajstić information content (AvgIpc) is 2.67. The number of hydrogen-bond acceptors (Lipinski definition) is 2. The van der Waals surface area contributed by atoms with Crippen molar-refractivity contribution in [2.75, 3.05) is 13.1 Å². The van der Waals surface area contributed by atoms with E-state index in [0.29, 0.717) is 6.42 Å². The van der Waals surface area contributed by atoms with Crippen LogP contribution in [0, 0.1) is 5.92 Å². The van der Waals surface area contributed by atoms with Gasteiger partial charge in [0.25, 0.3) is 0 Å². The van der Waals surface area contributed by atoms with Gasteiger partial charge in [-0.3, -0.25) is 5.10 Å². The lowest BCUT2D eigenvalue weighted by Crippen LogP contribution is -2.31. The molecular formula is C10H14F3N3. The Morgan fingerprint density at radius 1 is 1.44 bits per heavy atom. The average molecular weight is 233 g/mol. The Balaban J connectivity index is 2.06. The predicted molar refractivity (Wildman–Crippen MR) is 52.9 cm³/mol. The fourth-order valence-corrected chi connectivity index (χ4v) is 2.12. The van der Waals surface area contributed by atoms with Crippen molar-refractivity contribution in [1.82, 2.24) is 15.5 Å². The van der Waals surface area contributed by atoms with Gasteiger partial charge >= 0.3 is 6.18 Å². The zero-order valence-corrected chi connectivity index (χ0v) is 8.77. The SMILES string of the molecule is FC(F)(F)c1[nH]ncc1CC1CCCNC1. The molecule has 1 unspecified atom stereocenters. The van der Waals surface area contributed by atoms with E-state index in [-0.39, 0.29) is 11.5 Å². The summed E-state index contributed by atoms with van der Waals surface area (Å²) in [7, 11) is 0. The first kappa shape index (κ1) is 11.4. The summed E-state index contributed by atoms with van der Waals surface area (Å²) < 4.78 is 37.6. The normalized spacial score (nSPS) is 22.3. The molecule has 90 valence electrons. The second kappa shape index (κ2) is 4.45. The van der Waals surface area contributed by atoms with Gasteiger partial charge in [0, 0.05) is 5.56 Å². The van der Waals surface area contributed by atoms with Gasteiger partial charge in [0.1, 0.15) is 5.69 Å². The van der Waals surface area contributed by atoms with E-state index in [2.05, 4.69) is 10.4 Å². The number of hydrogen-bond donors (Lipinski definition) is 2. The van der Waals surface area contributed by atoms with Crippen molar-refractivity contribution >= 4 is 0 Å². The van der Waals surface area contributed by atoms with Gasteiger partial charge in [-0.15, -0.1) is 0 Å². The number of H-pyrrole nitrogens is 1. The Kier molecular flexibility index (Phi) is 3.18. The van der Waals surface area contributed by atoms with Crippen LogP contribution in [0.3, 0.4) is 0 Å². The van der Waals surface area contributed by atoms with Crippen molar-refractivity contribution in [3.8, 4) is 0 Å². The first-order valence-electron chi connectivity index (χ1n) is 5.37. The van der Waals surface area contributed by atoms with Crippen LogP contribution in [-0.2, 0) is 12.6 Å². The van der Waals surface area contributed by atoms with Gasteiger partial charge in [-0.25, -0.2) is 0 Å². The number of aromatic nitrogens is 2. The lowest BCUT2D eigenvalue weighted by molar-refractivity contribution is -0.141. The molecule has 0 spiro atoms. The molecule has 1 aliphatic rings. The topological polar surface area (TPSA) is 40.7 Å². The van der Waals surface area contributed by atoms with E-state index in [1.807, 2.05) is 5.10 Å². The molecule has 0 aliphatic carbocycles. The molecule has 1 aromatic rings. The molecule has 2 heterocycles. The molecule has 2 N–H and O–H groups in total. The molecule has 3 nitrogen and oxygen atoms in total. The third kappa shape index (κ3) is 2.55. The molecule has 0 radical (unpaired) electrons. The molecule has 1 saturated heterocycles. The molecule has 1 aliphatic heterocycles. The fraction of sp³-hybridized carbons (Fsp3) is 0.700. The second-order valence-electron chi connectivity index (χ2n) is 4.18. The van der Waals surface area contributed by atoms with Gasteiger partial charge in [-0.1, -0.05) is 0 Å². The Morgan fingerprint density at radius 3 is 2.88 bits per heavy atom. The molecule has 0 saturated carbocycles. The third-order valence-electron chi connectivity index (χ3n) is 2.91. The number of alkyl halides is 3. The van der Waals surface area contributed by atoms with Crippen LogP contribution in [-0.4, -0.2) is 23.3 Å². The van der Waals surface area contributed by atoms with Crippen LogP contribution >= 0.6 is 0 Å². The number of halogens is 3. The lowest BCUT2D eigenvalue weighted by Gasteiger charge is -2.22. The van der Waals surface area contributed by atoms with Crippen LogP contribution in [0.2, 0.25) is 0 Å². The largest absolute Gasteiger partial charge is 0.433 e. The number of aromatic amines is 1. The quantitative estimate of drug-likeness (QED) is 0.820. The molecule has 1 fully saturated rings. The van der Waals surface area contributed by atoms with E-state index in [1.54, 1.807) is 0 Å². The van der Waals surface area contributed by atoms with Crippen molar-refractivity contribution in [2.45, 2.75) is 25.4 Å². The summed E-state index contributed by atoms with van der Waals surface area (Å²) >= 11 is 0. The Hall–Kier alpha value is -1.04. The van der Waals surface area contributed by atoms with Crippen LogP contribution < -0.4 is 5.32 Å². The zero-order chi connectivity index (χ0) is 11.6. The first-order valence-corrected chi connectivity index (χ1v) is 5.37. The Labute approximate surface area is 91.4 Å². The maximum atomic E-state index is 12.5. The van der Waals surface area contributed by atoms with Crippen molar-refractivity contribution in [3.05, 3.63) is 17.5 Å². The summed E-state index contributed by atoms with van der Waals surface area (Å²) in [5.41, 5.74) is -0.417. The lowest BCUT2D eigenvalue weighted by atomic mass is 9.92. The summed E-state index contributed by atoms with van der Waals surface area (Å²) in [6, 6.07) is 0. The molecule has 0 amide bonds. The van der Waals surface area contributed by atoms with Gasteiger partial charge in [0.2, 0.25) is 0 Å². The van der Waals surface area contributed by atoms with Crippen molar-refractivity contribution < 1.29 is 13.2 Å². The highest BCUT2D eigenvalue weighted by molar-refractivity contribution is 5.20. The highest BCUT2D eigenvalue weighted by Gasteiger charge is 2.35. The van der Waals surface area contributed by atoms with E-state index >= 15 is 0 Å². The highest BCUT2D eigenvalue weighted by atomic mass is 19.4. The minimum absolute atomic E-state index is 0.279. The van der Waals surface area contributed by atoms with E-state index in [4.69, 9.17) is 0 Å². The Bertz CT molecular complexity index is 339. The van der Waals surface area contributed by atoms with Crippen LogP contribution in [0.4, 0.5) is 13.2 Å². The van der Waals surface area contributed by atoms with Crippen molar-refractivity contribution in [1.29, 1.82) is 0 Å². The van der Waals surface area contributed by atoms with E-state index in [9.17, 15) is 13.2 Å². The van der Waals surface area contributed by atoms with E-state index in [1.165, 1.54) is 6.20 Å². The van der Waals surface area contributed by atoms with Gasteiger partial charge < -0.3 is 5.32 Å². The highest BCUT2D eigenvalue weighted by Crippen LogP contribution is 2.31. The number of piperidine rings is 1. The van der Waals surface area contributed by atoms with Crippen LogP contribution in [0.5, 0.6) is 0 Å². The van der Waals surface area contributed by atoms with Gasteiger partial charge in [0.05, 0.1) is 6.20 Å². The monoisotopic (exact) mass is 233 g/mol. The minimum atomic E-state index is -4.33. The summed E-state index contributed by atoms with van der Waals surface area (Å²) in [4.78, 5) is 0. The third-order valence-corrected chi connectivity index (χ3v) is 2.91. The summed E-state index contributed by atoms with van der Waals surface area (Å²) in [5.74, 6) is 0.285. The predicted octanol–water partition coefficient (Wildman–Crippen LogP) is 1.97. The number of rotatable bonds is 2. The summed E-state index contributed by atoms with van der Waals surface area (Å²) in [5, 5.41) is 8.72. The van der Waals surface area contributed by atoms with Crippen LogP contribution in [0.1, 0.15) is 24.1 Å². The Morgan fingerprint density at radius 2 is 2.25 bits per heavy atom. The van der Waals surface area contributed by atoms with Gasteiger partial charge in [-0.2, -0.15) is 18.3 Å². The first-order chi connectivity index (χ1) is 7.57. The van der Waals surface area contributed by atoms with Gasteiger partial charge in [-0.05, 0) is 38.3 Å². The van der Waals surface area contributed by atoms with E-state index in [0.717, 1.165) is 25.9 Å². The number of nitrogens with one attached hydrogen (secondary N) is 2. The molecule has 0 aromatic carbocycles. The molecule has 1 aromatic heterocycles. The maximum absolute atomic E-state index is 12.5. The minimum Gasteiger partial charge on any atom is -0.316 e. The second-order valence-corrected chi connectivity index (χ2v) is 4.18. The van der Waals surface area contributed by atoms with E-state index < -0.39 is 11.9 Å². The van der Waals surface area contributed by atoms with Crippen LogP contribution in [0.25, 0.3) is 0 Å². The molecular weight excluding hydrogens is 219 g/mol. The molecule has 0 bridgehead atoms. The summed E-state index contributed by atoms with van der Waals surface area (Å²) in [6.45, 7) is 1.76. The summed E-state index contributed by atoms with van der Waals surface area (Å²) in [6.07, 6.45) is -0.580. The van der Waals surface area contributed by atoms with Gasteiger partial charge in [0.15, 0.2) is 0 Å². The number of nitrogens with zero attached hydrogens (tertiary/aromatic N) is 1. The zero-order valence-electron chi connectivity index (χ0n) is 8.77. The smallest absolute Gasteiger partial charge is 0.316 e. The molecule has 1 atom stereocenters. The standard InChI is InChI=1S/C10H14F3N3/c11-10(12,13)9-8(6-15-16-9)4-7-2-1-3-14-5-7/h6-7,14H,1-5H2,(H,15,16). The fourth-order valence-electron chi connectivity index (χ4n) is 2.12. The van der Waals surface area contributed by atoms with Crippen LogP contribution in [0.15, 0.2) is 6.20 Å². The molecule has 2 rings (SSSR count).